The van der Waals surface area contributed by atoms with Crippen LogP contribution in [0.25, 0.3) is 10.9 Å². The van der Waals surface area contributed by atoms with Crippen LogP contribution in [0.15, 0.2) is 22.8 Å². The van der Waals surface area contributed by atoms with Gasteiger partial charge < -0.3 is 4.74 Å². The highest BCUT2D eigenvalue weighted by molar-refractivity contribution is 9.10. The number of alkyl halides is 3. The average molecular weight is 295 g/mol. The molecule has 0 spiro atoms. The van der Waals surface area contributed by atoms with Gasteiger partial charge in [-0.2, -0.15) is 18.3 Å². The molecule has 1 heterocycles. The normalized spacial score (nSPS) is 12.0. The van der Waals surface area contributed by atoms with Crippen LogP contribution in [0.2, 0.25) is 0 Å². The Labute approximate surface area is 96.7 Å². The van der Waals surface area contributed by atoms with Gasteiger partial charge in [0.05, 0.1) is 21.6 Å². The summed E-state index contributed by atoms with van der Waals surface area (Å²) in [5.41, 5.74) is 0.625. The third-order valence-corrected chi connectivity index (χ3v) is 2.53. The van der Waals surface area contributed by atoms with Gasteiger partial charge in [-0.25, -0.2) is 0 Å². The quantitative estimate of drug-likeness (QED) is 0.923. The summed E-state index contributed by atoms with van der Waals surface area (Å²) in [5, 5.41) is 6.91. The van der Waals surface area contributed by atoms with Crippen LogP contribution in [-0.2, 0) is 0 Å². The fourth-order valence-electron chi connectivity index (χ4n) is 1.27. The van der Waals surface area contributed by atoms with Crippen LogP contribution in [-0.4, -0.2) is 23.0 Å². The number of hydrogen-bond acceptors (Lipinski definition) is 2. The zero-order valence-electron chi connectivity index (χ0n) is 7.81. The van der Waals surface area contributed by atoms with E-state index >= 15 is 0 Å². The van der Waals surface area contributed by atoms with Gasteiger partial charge in [-0.05, 0) is 28.1 Å². The Morgan fingerprint density at radius 1 is 1.38 bits per heavy atom. The second-order valence-electron chi connectivity index (χ2n) is 3.11. The number of hydrogen-bond donors (Lipinski definition) is 1. The van der Waals surface area contributed by atoms with Crippen molar-refractivity contribution in [3.8, 4) is 5.75 Å². The Kier molecular flexibility index (Phi) is 2.79. The summed E-state index contributed by atoms with van der Waals surface area (Å²) in [5.74, 6) is 0.142. The minimum atomic E-state index is -4.36. The molecule has 1 aromatic carbocycles. The van der Waals surface area contributed by atoms with Gasteiger partial charge in [0.1, 0.15) is 5.75 Å². The second-order valence-corrected chi connectivity index (χ2v) is 3.97. The Morgan fingerprint density at radius 3 is 2.81 bits per heavy atom. The molecule has 1 N–H and O–H groups in total. The Morgan fingerprint density at radius 2 is 2.12 bits per heavy atom. The zero-order valence-corrected chi connectivity index (χ0v) is 9.39. The van der Waals surface area contributed by atoms with Crippen molar-refractivity contribution in [3.05, 3.63) is 22.8 Å². The SMILES string of the molecule is FC(F)(F)COc1c(Br)ccc2[nH]ncc12. The number of aromatic nitrogens is 2. The molecule has 0 aliphatic carbocycles. The van der Waals surface area contributed by atoms with E-state index < -0.39 is 12.8 Å². The van der Waals surface area contributed by atoms with E-state index in [2.05, 4.69) is 26.1 Å². The minimum Gasteiger partial charge on any atom is -0.482 e. The molecule has 0 bridgehead atoms. The van der Waals surface area contributed by atoms with Gasteiger partial charge in [0.15, 0.2) is 6.61 Å². The highest BCUT2D eigenvalue weighted by atomic mass is 79.9. The number of H-pyrrole nitrogens is 1. The smallest absolute Gasteiger partial charge is 0.422 e. The van der Waals surface area contributed by atoms with E-state index in [0.717, 1.165) is 0 Å². The summed E-state index contributed by atoms with van der Waals surface area (Å²) < 4.78 is 41.3. The molecule has 7 heteroatoms. The molecule has 0 fully saturated rings. The molecule has 86 valence electrons. The summed E-state index contributed by atoms with van der Waals surface area (Å²) >= 11 is 3.14. The molecule has 0 saturated heterocycles. The number of ether oxygens (including phenoxy) is 1. The molecular weight excluding hydrogens is 289 g/mol. The largest absolute Gasteiger partial charge is 0.482 e. The van der Waals surface area contributed by atoms with E-state index in [1.807, 2.05) is 0 Å². The molecule has 0 radical (unpaired) electrons. The summed E-state index contributed by atoms with van der Waals surface area (Å²) in [6.07, 6.45) is -2.93. The maximum Gasteiger partial charge on any atom is 0.422 e. The third-order valence-electron chi connectivity index (χ3n) is 1.91. The van der Waals surface area contributed by atoms with Gasteiger partial charge >= 0.3 is 6.18 Å². The van der Waals surface area contributed by atoms with Crippen molar-refractivity contribution in [2.45, 2.75) is 6.18 Å². The first kappa shape index (κ1) is 11.3. The van der Waals surface area contributed by atoms with E-state index in [4.69, 9.17) is 4.74 Å². The third kappa shape index (κ3) is 2.29. The molecule has 0 aliphatic rings. The van der Waals surface area contributed by atoms with Gasteiger partial charge in [-0.3, -0.25) is 5.10 Å². The zero-order chi connectivity index (χ0) is 11.8. The first-order valence-electron chi connectivity index (χ1n) is 4.28. The van der Waals surface area contributed by atoms with E-state index in [0.29, 0.717) is 15.4 Å². The Hall–Kier alpha value is -1.24. The van der Waals surface area contributed by atoms with E-state index in [9.17, 15) is 13.2 Å². The highest BCUT2D eigenvalue weighted by Crippen LogP contribution is 2.33. The van der Waals surface area contributed by atoms with Crippen molar-refractivity contribution >= 4 is 26.8 Å². The topological polar surface area (TPSA) is 37.9 Å². The van der Waals surface area contributed by atoms with Gasteiger partial charge in [0, 0.05) is 0 Å². The van der Waals surface area contributed by atoms with Crippen molar-refractivity contribution < 1.29 is 17.9 Å². The summed E-state index contributed by atoms with van der Waals surface area (Å²) in [4.78, 5) is 0. The minimum absolute atomic E-state index is 0.142. The molecule has 0 atom stereocenters. The monoisotopic (exact) mass is 294 g/mol. The Bertz CT molecular complexity index is 509. The highest BCUT2D eigenvalue weighted by Gasteiger charge is 2.29. The molecule has 16 heavy (non-hydrogen) atoms. The predicted molar refractivity (Wildman–Crippen MR) is 55.3 cm³/mol. The van der Waals surface area contributed by atoms with Gasteiger partial charge in [0.25, 0.3) is 0 Å². The van der Waals surface area contributed by atoms with Crippen LogP contribution in [0.1, 0.15) is 0 Å². The van der Waals surface area contributed by atoms with Crippen LogP contribution < -0.4 is 4.74 Å². The van der Waals surface area contributed by atoms with E-state index in [1.165, 1.54) is 6.20 Å². The van der Waals surface area contributed by atoms with Crippen molar-refractivity contribution in [2.24, 2.45) is 0 Å². The summed E-state index contributed by atoms with van der Waals surface area (Å²) in [6.45, 7) is -1.32. The molecule has 2 aromatic rings. The number of halogens is 4. The number of fused-ring (bicyclic) bond motifs is 1. The van der Waals surface area contributed by atoms with Crippen molar-refractivity contribution in [3.63, 3.8) is 0 Å². The molecule has 0 aliphatic heterocycles. The average Bonchev–Trinajstić information content (AvgIpc) is 2.62. The molecule has 3 nitrogen and oxygen atoms in total. The van der Waals surface area contributed by atoms with Crippen LogP contribution >= 0.6 is 15.9 Å². The van der Waals surface area contributed by atoms with Crippen LogP contribution in [0, 0.1) is 0 Å². The fraction of sp³-hybridized carbons (Fsp3) is 0.222. The van der Waals surface area contributed by atoms with Crippen LogP contribution in [0.5, 0.6) is 5.75 Å². The maximum absolute atomic E-state index is 12.0. The van der Waals surface area contributed by atoms with Crippen molar-refractivity contribution in [1.29, 1.82) is 0 Å². The van der Waals surface area contributed by atoms with Gasteiger partial charge in [0.2, 0.25) is 0 Å². The fourth-order valence-corrected chi connectivity index (χ4v) is 1.73. The molecule has 0 saturated carbocycles. The lowest BCUT2D eigenvalue weighted by Crippen LogP contribution is -2.19. The van der Waals surface area contributed by atoms with Crippen molar-refractivity contribution in [2.75, 3.05) is 6.61 Å². The molecule has 1 aromatic heterocycles. The van der Waals surface area contributed by atoms with Crippen molar-refractivity contribution in [1.82, 2.24) is 10.2 Å². The number of aromatic amines is 1. The van der Waals surface area contributed by atoms with E-state index in [-0.39, 0.29) is 5.75 Å². The number of nitrogens with one attached hydrogen (secondary N) is 1. The molecule has 0 amide bonds. The molecular formula is C9H6BrF3N2O. The molecule has 2 rings (SSSR count). The first-order chi connectivity index (χ1) is 7.47. The van der Waals surface area contributed by atoms with Crippen LogP contribution in [0.4, 0.5) is 13.2 Å². The van der Waals surface area contributed by atoms with Crippen LogP contribution in [0.3, 0.4) is 0 Å². The predicted octanol–water partition coefficient (Wildman–Crippen LogP) is 3.27. The standard InChI is InChI=1S/C9H6BrF3N2O/c10-6-1-2-7-5(3-14-15-7)8(6)16-4-9(11,12)13/h1-3H,4H2,(H,14,15). The van der Waals surface area contributed by atoms with Gasteiger partial charge in [-0.1, -0.05) is 0 Å². The number of rotatable bonds is 2. The summed E-state index contributed by atoms with van der Waals surface area (Å²) in [6, 6.07) is 3.30. The molecule has 0 unspecified atom stereocenters. The number of benzene rings is 1. The Balaban J connectivity index is 2.35. The lowest BCUT2D eigenvalue weighted by Gasteiger charge is -2.11. The second kappa shape index (κ2) is 3.97. The maximum atomic E-state index is 12.0. The lowest BCUT2D eigenvalue weighted by molar-refractivity contribution is -0.153. The number of nitrogens with zero attached hydrogens (tertiary/aromatic N) is 1. The van der Waals surface area contributed by atoms with Gasteiger partial charge in [-0.15, -0.1) is 0 Å². The first-order valence-corrected chi connectivity index (χ1v) is 5.08. The lowest BCUT2D eigenvalue weighted by atomic mass is 10.2. The summed E-state index contributed by atoms with van der Waals surface area (Å²) in [7, 11) is 0. The van der Waals surface area contributed by atoms with E-state index in [1.54, 1.807) is 12.1 Å².